The van der Waals surface area contributed by atoms with Gasteiger partial charge in [0.25, 0.3) is 3.79 Å². The number of benzene rings is 3. The van der Waals surface area contributed by atoms with E-state index in [2.05, 4.69) is 5.32 Å². The molecule has 0 saturated carbocycles. The van der Waals surface area contributed by atoms with E-state index in [0.29, 0.717) is 0 Å². The maximum atomic E-state index is 13.2. The van der Waals surface area contributed by atoms with Crippen molar-refractivity contribution in [3.8, 4) is 0 Å². The lowest BCUT2D eigenvalue weighted by atomic mass is 10.0. The van der Waals surface area contributed by atoms with Crippen LogP contribution in [0.25, 0.3) is 0 Å². The Kier molecular flexibility index (Phi) is 10.9. The fraction of sp³-hybridized carbons (Fsp3) is 0.267. The van der Waals surface area contributed by atoms with Crippen LogP contribution in [-0.4, -0.2) is 58.4 Å². The van der Waals surface area contributed by atoms with Gasteiger partial charge in [-0.3, -0.25) is 5.41 Å². The minimum absolute atomic E-state index is 0.000794. The Morgan fingerprint density at radius 2 is 1.30 bits per heavy atom. The number of esters is 2. The summed E-state index contributed by atoms with van der Waals surface area (Å²) in [6.07, 6.45) is -6.33. The standard InChI is InChI=1S/C30H27Cl3N2O8/c1-18(35-29(38)39-17-19-11-5-2-6-12-19)22-23(40-25(36)20-13-7-3-8-14-20)24(27(42-22)43-28(34)30(31,32)33)41-26(37)21-15-9-4-10-16-21/h2-16,18,22-24,27,34H,17H2,1H3,(H,35,38). The highest BCUT2D eigenvalue weighted by molar-refractivity contribution is 6.76. The molecule has 0 bridgehead atoms. The Morgan fingerprint density at radius 3 is 1.81 bits per heavy atom. The van der Waals surface area contributed by atoms with Crippen molar-refractivity contribution in [2.75, 3.05) is 0 Å². The van der Waals surface area contributed by atoms with Gasteiger partial charge in [-0.1, -0.05) is 102 Å². The van der Waals surface area contributed by atoms with E-state index in [9.17, 15) is 14.4 Å². The third-order valence-corrected chi connectivity index (χ3v) is 6.77. The van der Waals surface area contributed by atoms with Gasteiger partial charge in [0.2, 0.25) is 18.3 Å². The third-order valence-electron chi connectivity index (χ3n) is 6.25. The first-order valence-electron chi connectivity index (χ1n) is 13.0. The molecule has 3 aromatic carbocycles. The lowest BCUT2D eigenvalue weighted by molar-refractivity contribution is -0.125. The van der Waals surface area contributed by atoms with Gasteiger partial charge in [-0.15, -0.1) is 0 Å². The number of hydrogen-bond donors (Lipinski definition) is 2. The number of rotatable bonds is 9. The number of amides is 1. The molecule has 0 spiro atoms. The van der Waals surface area contributed by atoms with Gasteiger partial charge < -0.3 is 29.0 Å². The van der Waals surface area contributed by atoms with Crippen molar-refractivity contribution in [1.82, 2.24) is 5.32 Å². The van der Waals surface area contributed by atoms with Gasteiger partial charge in [0.05, 0.1) is 17.2 Å². The molecule has 1 saturated heterocycles. The van der Waals surface area contributed by atoms with Crippen molar-refractivity contribution in [2.24, 2.45) is 0 Å². The van der Waals surface area contributed by atoms with E-state index >= 15 is 0 Å². The zero-order chi connectivity index (χ0) is 31.0. The number of alkyl carbamates (subject to hydrolysis) is 1. The van der Waals surface area contributed by atoms with Crippen LogP contribution < -0.4 is 5.32 Å². The van der Waals surface area contributed by atoms with Crippen LogP contribution in [0.15, 0.2) is 91.0 Å². The van der Waals surface area contributed by atoms with E-state index in [0.717, 1.165) is 5.56 Å². The Labute approximate surface area is 262 Å². The molecule has 43 heavy (non-hydrogen) atoms. The molecule has 4 rings (SSSR count). The first-order chi connectivity index (χ1) is 20.5. The quantitative estimate of drug-likeness (QED) is 0.0971. The molecule has 1 heterocycles. The molecular formula is C30H27Cl3N2O8. The highest BCUT2D eigenvalue weighted by Gasteiger charge is 2.54. The van der Waals surface area contributed by atoms with E-state index in [1.807, 2.05) is 18.2 Å². The van der Waals surface area contributed by atoms with E-state index in [4.69, 9.17) is 63.9 Å². The fourth-order valence-corrected chi connectivity index (χ4v) is 4.29. The summed E-state index contributed by atoms with van der Waals surface area (Å²) in [6.45, 7) is 1.57. The SMILES string of the molecule is CC(NC(=O)OCc1ccccc1)C1OC(OC(=N)C(Cl)(Cl)Cl)C(OC(=O)c2ccccc2)C1OC(=O)c1ccccc1. The van der Waals surface area contributed by atoms with E-state index in [1.54, 1.807) is 55.5 Å². The fourth-order valence-electron chi connectivity index (χ4n) is 4.15. The topological polar surface area (TPSA) is 133 Å². The van der Waals surface area contributed by atoms with Crippen LogP contribution in [0.4, 0.5) is 4.79 Å². The van der Waals surface area contributed by atoms with Crippen molar-refractivity contribution in [3.63, 3.8) is 0 Å². The third kappa shape index (κ3) is 8.84. The molecule has 1 fully saturated rings. The second-order valence-corrected chi connectivity index (χ2v) is 11.7. The maximum Gasteiger partial charge on any atom is 0.407 e. The maximum absolute atomic E-state index is 13.2. The predicted molar refractivity (Wildman–Crippen MR) is 158 cm³/mol. The number of carbonyl (C=O) groups excluding carboxylic acids is 3. The Bertz CT molecular complexity index is 1410. The first kappa shape index (κ1) is 32.1. The van der Waals surface area contributed by atoms with Crippen LogP contribution in [0.1, 0.15) is 33.2 Å². The molecule has 0 aromatic heterocycles. The van der Waals surface area contributed by atoms with Crippen molar-refractivity contribution in [1.29, 1.82) is 5.41 Å². The summed E-state index contributed by atoms with van der Waals surface area (Å²) < 4.78 is 26.0. The summed E-state index contributed by atoms with van der Waals surface area (Å²) in [5.74, 6) is -2.40. The molecule has 1 aliphatic rings. The molecule has 5 unspecified atom stereocenters. The zero-order valence-electron chi connectivity index (χ0n) is 22.7. The first-order valence-corrected chi connectivity index (χ1v) is 14.1. The Hall–Kier alpha value is -3.83. The molecule has 5 atom stereocenters. The molecule has 1 aliphatic heterocycles. The van der Waals surface area contributed by atoms with Crippen molar-refractivity contribution < 1.29 is 38.1 Å². The lowest BCUT2D eigenvalue weighted by Gasteiger charge is -2.27. The number of halogens is 3. The molecule has 0 radical (unpaired) electrons. The number of alkyl halides is 3. The van der Waals surface area contributed by atoms with E-state index in [-0.39, 0.29) is 17.7 Å². The average Bonchev–Trinajstić information content (AvgIpc) is 3.33. The number of carbonyl (C=O) groups is 3. The summed E-state index contributed by atoms with van der Waals surface area (Å²) >= 11 is 17.5. The minimum Gasteiger partial charge on any atom is -0.452 e. The van der Waals surface area contributed by atoms with Gasteiger partial charge in [0.15, 0.2) is 6.10 Å². The Balaban J connectivity index is 1.60. The molecule has 2 N–H and O–H groups in total. The number of ether oxygens (including phenoxy) is 5. The lowest BCUT2D eigenvalue weighted by Crippen LogP contribution is -2.49. The van der Waals surface area contributed by atoms with Gasteiger partial charge in [-0.05, 0) is 36.8 Å². The molecule has 10 nitrogen and oxygen atoms in total. The minimum atomic E-state index is -2.28. The smallest absolute Gasteiger partial charge is 0.407 e. The van der Waals surface area contributed by atoms with Crippen LogP contribution in [0.2, 0.25) is 0 Å². The van der Waals surface area contributed by atoms with Gasteiger partial charge in [0, 0.05) is 0 Å². The van der Waals surface area contributed by atoms with Crippen molar-refractivity contribution in [2.45, 2.75) is 48.0 Å². The molecule has 1 amide bonds. The predicted octanol–water partition coefficient (Wildman–Crippen LogP) is 5.84. The molecule has 3 aromatic rings. The van der Waals surface area contributed by atoms with Crippen molar-refractivity contribution >= 4 is 58.7 Å². The van der Waals surface area contributed by atoms with E-state index < -0.39 is 58.4 Å². The van der Waals surface area contributed by atoms with Gasteiger partial charge in [0.1, 0.15) is 12.7 Å². The number of hydrogen-bond acceptors (Lipinski definition) is 9. The molecular weight excluding hydrogens is 623 g/mol. The van der Waals surface area contributed by atoms with Crippen LogP contribution in [0.5, 0.6) is 0 Å². The average molecular weight is 650 g/mol. The van der Waals surface area contributed by atoms with Crippen LogP contribution in [0, 0.1) is 5.41 Å². The van der Waals surface area contributed by atoms with Crippen LogP contribution in [-0.2, 0) is 30.3 Å². The highest BCUT2D eigenvalue weighted by atomic mass is 35.6. The zero-order valence-corrected chi connectivity index (χ0v) is 24.9. The normalized spacial score (nSPS) is 20.4. The molecule has 0 aliphatic carbocycles. The summed E-state index contributed by atoms with van der Waals surface area (Å²) in [6, 6.07) is 24.3. The highest BCUT2D eigenvalue weighted by Crippen LogP contribution is 2.35. The van der Waals surface area contributed by atoms with Crippen molar-refractivity contribution in [3.05, 3.63) is 108 Å². The molecule has 13 heteroatoms. The Morgan fingerprint density at radius 1 is 0.814 bits per heavy atom. The molecule has 226 valence electrons. The second kappa shape index (κ2) is 14.6. The summed E-state index contributed by atoms with van der Waals surface area (Å²) in [4.78, 5) is 38.9. The summed E-state index contributed by atoms with van der Waals surface area (Å²) in [7, 11) is 0. The monoisotopic (exact) mass is 648 g/mol. The van der Waals surface area contributed by atoms with Gasteiger partial charge in [-0.25, -0.2) is 14.4 Å². The van der Waals surface area contributed by atoms with Crippen LogP contribution >= 0.6 is 34.8 Å². The second-order valence-electron chi connectivity index (χ2n) is 9.38. The van der Waals surface area contributed by atoms with Crippen LogP contribution in [0.3, 0.4) is 0 Å². The summed E-state index contributed by atoms with van der Waals surface area (Å²) in [5, 5.41) is 10.7. The van der Waals surface area contributed by atoms with E-state index in [1.165, 1.54) is 24.3 Å². The van der Waals surface area contributed by atoms with Gasteiger partial charge in [-0.2, -0.15) is 0 Å². The largest absolute Gasteiger partial charge is 0.452 e. The number of nitrogens with one attached hydrogen (secondary N) is 2. The summed E-state index contributed by atoms with van der Waals surface area (Å²) in [5.41, 5.74) is 1.16. The van der Waals surface area contributed by atoms with Gasteiger partial charge >= 0.3 is 18.0 Å².